The Hall–Kier alpha value is -0.520. The van der Waals surface area contributed by atoms with Crippen molar-refractivity contribution in [3.63, 3.8) is 0 Å². The van der Waals surface area contributed by atoms with E-state index in [9.17, 15) is 4.79 Å². The normalized spacial score (nSPS) is 16.9. The number of amides is 1. The Balaban J connectivity index is 2.03. The number of nitrogens with one attached hydrogen (secondary N) is 1. The first kappa shape index (κ1) is 11.0. The van der Waals surface area contributed by atoms with Crippen LogP contribution in [0.4, 0.5) is 0 Å². The number of hydrogen-bond donors (Lipinski definition) is 1. The lowest BCUT2D eigenvalue weighted by molar-refractivity contribution is 0.0929. The summed E-state index contributed by atoms with van der Waals surface area (Å²) in [5, 5.41) is 3.09. The maximum atomic E-state index is 11.9. The van der Waals surface area contributed by atoms with Gasteiger partial charge in [-0.05, 0) is 41.5 Å². The van der Waals surface area contributed by atoms with Crippen LogP contribution in [-0.4, -0.2) is 16.5 Å². The van der Waals surface area contributed by atoms with Crippen molar-refractivity contribution in [2.45, 2.75) is 31.7 Å². The van der Waals surface area contributed by atoms with Crippen LogP contribution in [0.15, 0.2) is 12.3 Å². The molecule has 0 aromatic carbocycles. The van der Waals surface area contributed by atoms with Gasteiger partial charge in [0.15, 0.2) is 0 Å². The molecule has 2 rings (SSSR count). The Morgan fingerprint density at radius 2 is 2.20 bits per heavy atom. The average molecular weight is 318 g/mol. The molecule has 1 saturated carbocycles. The number of rotatable bonds is 2. The SMILES string of the molecule is Cn1cc(I)cc1C(=O)NC1CCCC1. The molecule has 0 aliphatic heterocycles. The summed E-state index contributed by atoms with van der Waals surface area (Å²) >= 11 is 2.22. The lowest BCUT2D eigenvalue weighted by atomic mass is 10.2. The highest BCUT2D eigenvalue weighted by atomic mass is 127. The Labute approximate surface area is 103 Å². The summed E-state index contributed by atoms with van der Waals surface area (Å²) in [6.07, 6.45) is 6.72. The molecule has 1 fully saturated rings. The number of aromatic nitrogens is 1. The van der Waals surface area contributed by atoms with Crippen molar-refractivity contribution in [2.24, 2.45) is 7.05 Å². The van der Waals surface area contributed by atoms with Gasteiger partial charge in [0.1, 0.15) is 5.69 Å². The van der Waals surface area contributed by atoms with E-state index in [0.717, 1.165) is 22.1 Å². The summed E-state index contributed by atoms with van der Waals surface area (Å²) < 4.78 is 2.98. The minimum Gasteiger partial charge on any atom is -0.348 e. The molecule has 4 heteroatoms. The van der Waals surface area contributed by atoms with Crippen LogP contribution in [0, 0.1) is 3.57 Å². The van der Waals surface area contributed by atoms with E-state index in [0.29, 0.717) is 6.04 Å². The maximum Gasteiger partial charge on any atom is 0.268 e. The molecule has 0 bridgehead atoms. The highest BCUT2D eigenvalue weighted by Gasteiger charge is 2.19. The molecule has 15 heavy (non-hydrogen) atoms. The number of carbonyl (C=O) groups is 1. The Morgan fingerprint density at radius 1 is 1.53 bits per heavy atom. The van der Waals surface area contributed by atoms with Crippen molar-refractivity contribution >= 4 is 28.5 Å². The first-order valence-corrected chi connectivity index (χ1v) is 6.37. The number of halogens is 1. The Morgan fingerprint density at radius 3 is 2.73 bits per heavy atom. The third kappa shape index (κ3) is 2.53. The topological polar surface area (TPSA) is 34.0 Å². The monoisotopic (exact) mass is 318 g/mol. The van der Waals surface area contributed by atoms with Crippen molar-refractivity contribution < 1.29 is 4.79 Å². The van der Waals surface area contributed by atoms with E-state index in [-0.39, 0.29) is 5.91 Å². The molecule has 0 saturated heterocycles. The lowest BCUT2D eigenvalue weighted by Gasteiger charge is -2.11. The van der Waals surface area contributed by atoms with E-state index in [2.05, 4.69) is 27.9 Å². The van der Waals surface area contributed by atoms with E-state index >= 15 is 0 Å². The smallest absolute Gasteiger partial charge is 0.268 e. The summed E-state index contributed by atoms with van der Waals surface area (Å²) in [4.78, 5) is 11.9. The number of aryl methyl sites for hydroxylation is 1. The Bertz CT molecular complexity index is 367. The zero-order valence-electron chi connectivity index (χ0n) is 8.79. The van der Waals surface area contributed by atoms with E-state index in [4.69, 9.17) is 0 Å². The molecule has 0 atom stereocenters. The fourth-order valence-corrected chi connectivity index (χ4v) is 2.79. The van der Waals surface area contributed by atoms with E-state index in [1.807, 2.05) is 23.9 Å². The van der Waals surface area contributed by atoms with Gasteiger partial charge in [0.25, 0.3) is 5.91 Å². The number of nitrogens with zero attached hydrogens (tertiary/aromatic N) is 1. The van der Waals surface area contributed by atoms with Gasteiger partial charge in [-0.1, -0.05) is 12.8 Å². The predicted octanol–water partition coefficient (Wildman–Crippen LogP) is 2.30. The van der Waals surface area contributed by atoms with Gasteiger partial charge >= 0.3 is 0 Å². The van der Waals surface area contributed by atoms with Crippen molar-refractivity contribution in [1.29, 1.82) is 0 Å². The van der Waals surface area contributed by atoms with Crippen LogP contribution < -0.4 is 5.32 Å². The molecule has 1 aromatic rings. The maximum absolute atomic E-state index is 11.9. The lowest BCUT2D eigenvalue weighted by Crippen LogP contribution is -2.33. The van der Waals surface area contributed by atoms with Crippen molar-refractivity contribution in [3.05, 3.63) is 21.5 Å². The van der Waals surface area contributed by atoms with Crippen LogP contribution in [0.3, 0.4) is 0 Å². The second-order valence-corrected chi connectivity index (χ2v) is 5.35. The van der Waals surface area contributed by atoms with Gasteiger partial charge in [-0.15, -0.1) is 0 Å². The summed E-state index contributed by atoms with van der Waals surface area (Å²) in [7, 11) is 1.91. The van der Waals surface area contributed by atoms with Gasteiger partial charge in [-0.25, -0.2) is 0 Å². The zero-order valence-corrected chi connectivity index (χ0v) is 11.0. The molecule has 1 heterocycles. The van der Waals surface area contributed by atoms with Crippen LogP contribution in [0.2, 0.25) is 0 Å². The second-order valence-electron chi connectivity index (χ2n) is 4.11. The van der Waals surface area contributed by atoms with Crippen LogP contribution in [-0.2, 0) is 7.05 Å². The zero-order chi connectivity index (χ0) is 10.8. The molecule has 82 valence electrons. The number of hydrogen-bond acceptors (Lipinski definition) is 1. The van der Waals surface area contributed by atoms with Crippen LogP contribution in [0.25, 0.3) is 0 Å². The molecular weight excluding hydrogens is 303 g/mol. The molecule has 1 aromatic heterocycles. The molecule has 1 amide bonds. The van der Waals surface area contributed by atoms with Gasteiger partial charge in [0.05, 0.1) is 0 Å². The predicted molar refractivity (Wildman–Crippen MR) is 67.9 cm³/mol. The van der Waals surface area contributed by atoms with Gasteiger partial charge in [0, 0.05) is 22.9 Å². The summed E-state index contributed by atoms with van der Waals surface area (Å²) in [6, 6.07) is 2.32. The van der Waals surface area contributed by atoms with Gasteiger partial charge in [0.2, 0.25) is 0 Å². The van der Waals surface area contributed by atoms with Gasteiger partial charge in [-0.2, -0.15) is 0 Å². The molecule has 1 aliphatic carbocycles. The van der Waals surface area contributed by atoms with E-state index < -0.39 is 0 Å². The minimum atomic E-state index is 0.0623. The average Bonchev–Trinajstić information content (AvgIpc) is 2.75. The van der Waals surface area contributed by atoms with Crippen LogP contribution >= 0.6 is 22.6 Å². The molecule has 0 spiro atoms. The van der Waals surface area contributed by atoms with Crippen molar-refractivity contribution in [2.75, 3.05) is 0 Å². The first-order valence-electron chi connectivity index (χ1n) is 5.29. The molecule has 0 unspecified atom stereocenters. The molecule has 0 radical (unpaired) electrons. The molecule has 3 nitrogen and oxygen atoms in total. The first-order chi connectivity index (χ1) is 7.16. The van der Waals surface area contributed by atoms with E-state index in [1.165, 1.54) is 12.8 Å². The Kier molecular flexibility index (Phi) is 3.33. The van der Waals surface area contributed by atoms with Crippen LogP contribution in [0.1, 0.15) is 36.2 Å². The third-order valence-corrected chi connectivity index (χ3v) is 3.48. The minimum absolute atomic E-state index is 0.0623. The quantitative estimate of drug-likeness (QED) is 0.834. The molecular formula is C11H15IN2O. The summed E-state index contributed by atoms with van der Waals surface area (Å²) in [5.41, 5.74) is 0.756. The number of carbonyl (C=O) groups excluding carboxylic acids is 1. The van der Waals surface area contributed by atoms with E-state index in [1.54, 1.807) is 0 Å². The standard InChI is InChI=1S/C11H15IN2O/c1-14-7-8(12)6-10(14)11(15)13-9-4-2-3-5-9/h6-7,9H,2-5H2,1H3,(H,13,15). The summed E-state index contributed by atoms with van der Waals surface area (Å²) in [5.74, 6) is 0.0623. The summed E-state index contributed by atoms with van der Waals surface area (Å²) in [6.45, 7) is 0. The molecule has 1 aliphatic rings. The van der Waals surface area contributed by atoms with Crippen molar-refractivity contribution in [3.8, 4) is 0 Å². The fourth-order valence-electron chi connectivity index (χ4n) is 2.08. The highest BCUT2D eigenvalue weighted by Crippen LogP contribution is 2.18. The van der Waals surface area contributed by atoms with Gasteiger partial charge < -0.3 is 9.88 Å². The largest absolute Gasteiger partial charge is 0.348 e. The fraction of sp³-hybridized carbons (Fsp3) is 0.545. The van der Waals surface area contributed by atoms with Gasteiger partial charge in [-0.3, -0.25) is 4.79 Å². The van der Waals surface area contributed by atoms with Crippen LogP contribution in [0.5, 0.6) is 0 Å². The third-order valence-electron chi connectivity index (χ3n) is 2.89. The second kappa shape index (κ2) is 4.55. The highest BCUT2D eigenvalue weighted by molar-refractivity contribution is 14.1. The molecule has 1 N–H and O–H groups in total. The van der Waals surface area contributed by atoms with Crippen molar-refractivity contribution in [1.82, 2.24) is 9.88 Å².